The van der Waals surface area contributed by atoms with Gasteiger partial charge >= 0.3 is 6.09 Å². The van der Waals surface area contributed by atoms with Crippen LogP contribution in [0.5, 0.6) is 0 Å². The molecule has 0 aromatic rings. The van der Waals surface area contributed by atoms with Crippen molar-refractivity contribution in [3.05, 3.63) is 0 Å². The molecule has 1 rings (SSSR count). The normalized spacial score (nSPS) is 26.4. The molecule has 3 N–H and O–H groups in total. The minimum atomic E-state index is -0.448. The van der Waals surface area contributed by atoms with Gasteiger partial charge in [-0.2, -0.15) is 11.8 Å². The maximum Gasteiger partial charge on any atom is 0.407 e. The minimum Gasteiger partial charge on any atom is -0.444 e. The fourth-order valence-corrected chi connectivity index (χ4v) is 2.67. The van der Waals surface area contributed by atoms with E-state index >= 15 is 0 Å². The molecular formula is C10H20N2O2S. The maximum atomic E-state index is 11.4. The van der Waals surface area contributed by atoms with Gasteiger partial charge < -0.3 is 15.8 Å². The third kappa shape index (κ3) is 4.75. The fraction of sp³-hybridized carbons (Fsp3) is 0.900. The zero-order valence-electron chi connectivity index (χ0n) is 9.63. The molecule has 88 valence electrons. The van der Waals surface area contributed by atoms with Crippen molar-refractivity contribution in [2.75, 3.05) is 18.1 Å². The molecule has 1 aliphatic heterocycles. The summed E-state index contributed by atoms with van der Waals surface area (Å²) in [6, 6.07) is 0. The van der Waals surface area contributed by atoms with Gasteiger partial charge in [-0.15, -0.1) is 0 Å². The first-order valence-electron chi connectivity index (χ1n) is 5.14. The summed E-state index contributed by atoms with van der Waals surface area (Å²) in [5.74, 6) is 1.98. The van der Waals surface area contributed by atoms with Gasteiger partial charge in [-0.1, -0.05) is 0 Å². The van der Waals surface area contributed by atoms with Crippen LogP contribution in [0.4, 0.5) is 4.79 Å². The highest BCUT2D eigenvalue weighted by atomic mass is 32.2. The molecule has 1 saturated heterocycles. The number of amides is 1. The van der Waals surface area contributed by atoms with Crippen molar-refractivity contribution in [1.29, 1.82) is 0 Å². The largest absolute Gasteiger partial charge is 0.444 e. The van der Waals surface area contributed by atoms with Gasteiger partial charge in [-0.05, 0) is 32.9 Å². The molecule has 1 fully saturated rings. The van der Waals surface area contributed by atoms with Crippen molar-refractivity contribution in [3.8, 4) is 0 Å². The summed E-state index contributed by atoms with van der Waals surface area (Å²) in [7, 11) is 0. The van der Waals surface area contributed by atoms with Crippen molar-refractivity contribution in [3.63, 3.8) is 0 Å². The van der Waals surface area contributed by atoms with E-state index in [0.29, 0.717) is 6.54 Å². The molecule has 0 aliphatic carbocycles. The highest BCUT2D eigenvalue weighted by Crippen LogP contribution is 2.24. The number of thioether (sulfide) groups is 1. The number of nitrogens with one attached hydrogen (secondary N) is 1. The summed E-state index contributed by atoms with van der Waals surface area (Å²) in [6.07, 6.45) is 0.567. The Kier molecular flexibility index (Phi) is 3.89. The Labute approximate surface area is 95.3 Å². The van der Waals surface area contributed by atoms with Crippen LogP contribution in [-0.4, -0.2) is 35.3 Å². The number of carbonyl (C=O) groups excluding carboxylic acids is 1. The average molecular weight is 232 g/mol. The van der Waals surface area contributed by atoms with E-state index in [-0.39, 0.29) is 11.6 Å². The van der Waals surface area contributed by atoms with Gasteiger partial charge in [-0.25, -0.2) is 4.79 Å². The van der Waals surface area contributed by atoms with Crippen molar-refractivity contribution in [1.82, 2.24) is 5.32 Å². The third-order valence-corrected chi connectivity index (χ3v) is 3.39. The van der Waals surface area contributed by atoms with Gasteiger partial charge in [0, 0.05) is 17.8 Å². The lowest BCUT2D eigenvalue weighted by atomic mass is 10.0. The molecule has 1 unspecified atom stereocenters. The topological polar surface area (TPSA) is 64.3 Å². The van der Waals surface area contributed by atoms with E-state index in [1.165, 1.54) is 0 Å². The molecule has 0 spiro atoms. The van der Waals surface area contributed by atoms with Gasteiger partial charge in [0.25, 0.3) is 0 Å². The first kappa shape index (κ1) is 12.6. The molecule has 1 aliphatic rings. The second kappa shape index (κ2) is 4.61. The zero-order valence-corrected chi connectivity index (χ0v) is 10.4. The van der Waals surface area contributed by atoms with Crippen LogP contribution in [0.1, 0.15) is 27.2 Å². The van der Waals surface area contributed by atoms with Crippen molar-refractivity contribution < 1.29 is 9.53 Å². The zero-order chi connectivity index (χ0) is 11.5. The molecule has 0 saturated carbocycles. The first-order chi connectivity index (χ1) is 6.81. The maximum absolute atomic E-state index is 11.4. The quantitative estimate of drug-likeness (QED) is 0.754. The van der Waals surface area contributed by atoms with Crippen LogP contribution < -0.4 is 11.1 Å². The van der Waals surface area contributed by atoms with Gasteiger partial charge in [0.1, 0.15) is 5.60 Å². The van der Waals surface area contributed by atoms with E-state index in [4.69, 9.17) is 10.5 Å². The second-order valence-corrected chi connectivity index (χ2v) is 6.13. The number of carbonyl (C=O) groups is 1. The molecule has 5 heteroatoms. The Morgan fingerprint density at radius 2 is 2.27 bits per heavy atom. The van der Waals surface area contributed by atoms with E-state index in [2.05, 4.69) is 5.32 Å². The van der Waals surface area contributed by atoms with E-state index < -0.39 is 5.60 Å². The molecule has 0 bridgehead atoms. The van der Waals surface area contributed by atoms with Gasteiger partial charge in [0.05, 0.1) is 0 Å². The highest BCUT2D eigenvalue weighted by molar-refractivity contribution is 7.99. The molecule has 15 heavy (non-hydrogen) atoms. The van der Waals surface area contributed by atoms with Crippen LogP contribution >= 0.6 is 11.8 Å². The van der Waals surface area contributed by atoms with Gasteiger partial charge in [0.2, 0.25) is 0 Å². The molecule has 0 aromatic carbocycles. The van der Waals surface area contributed by atoms with Crippen molar-refractivity contribution in [2.45, 2.75) is 38.3 Å². The Hall–Kier alpha value is -0.420. The highest BCUT2D eigenvalue weighted by Gasteiger charge is 2.30. The standard InChI is InChI=1S/C10H20N2O2S/c1-9(2,3)14-8(13)12-6-10(11)4-5-15-7-10/h4-7,11H2,1-3H3,(H,12,13). The molecule has 1 heterocycles. The lowest BCUT2D eigenvalue weighted by molar-refractivity contribution is 0.0517. The Morgan fingerprint density at radius 1 is 1.60 bits per heavy atom. The minimum absolute atomic E-state index is 0.248. The smallest absolute Gasteiger partial charge is 0.407 e. The van der Waals surface area contributed by atoms with Crippen LogP contribution in [0.15, 0.2) is 0 Å². The molecule has 4 nitrogen and oxygen atoms in total. The molecular weight excluding hydrogens is 212 g/mol. The van der Waals surface area contributed by atoms with E-state index in [1.807, 2.05) is 32.5 Å². The Bertz CT molecular complexity index is 232. The number of alkyl carbamates (subject to hydrolysis) is 1. The summed E-state index contributed by atoms with van der Waals surface area (Å²) >= 11 is 1.83. The molecule has 1 amide bonds. The Balaban J connectivity index is 2.28. The van der Waals surface area contributed by atoms with E-state index in [9.17, 15) is 4.79 Å². The molecule has 1 atom stereocenters. The van der Waals surface area contributed by atoms with Gasteiger partial charge in [0.15, 0.2) is 0 Å². The predicted octanol–water partition coefficient (Wildman–Crippen LogP) is 1.35. The number of nitrogens with two attached hydrogens (primary N) is 1. The van der Waals surface area contributed by atoms with Crippen LogP contribution in [0.3, 0.4) is 0 Å². The first-order valence-corrected chi connectivity index (χ1v) is 6.30. The summed E-state index contributed by atoms with van der Waals surface area (Å²) in [4.78, 5) is 11.4. The lowest BCUT2D eigenvalue weighted by Crippen LogP contribution is -2.51. The Morgan fingerprint density at radius 3 is 2.73 bits per heavy atom. The number of ether oxygens (including phenoxy) is 1. The summed E-state index contributed by atoms with van der Waals surface area (Å²) in [5, 5.41) is 2.72. The monoisotopic (exact) mass is 232 g/mol. The second-order valence-electron chi connectivity index (χ2n) is 5.02. The lowest BCUT2D eigenvalue weighted by Gasteiger charge is -2.25. The predicted molar refractivity (Wildman–Crippen MR) is 63.1 cm³/mol. The average Bonchev–Trinajstić information content (AvgIpc) is 2.47. The van der Waals surface area contributed by atoms with Crippen LogP contribution in [0.2, 0.25) is 0 Å². The van der Waals surface area contributed by atoms with Crippen LogP contribution in [-0.2, 0) is 4.74 Å². The summed E-state index contributed by atoms with van der Waals surface area (Å²) in [6.45, 7) is 6.03. The van der Waals surface area contributed by atoms with Crippen molar-refractivity contribution in [2.24, 2.45) is 5.73 Å². The third-order valence-electron chi connectivity index (χ3n) is 2.12. The fourth-order valence-electron chi connectivity index (χ4n) is 1.32. The van der Waals surface area contributed by atoms with E-state index in [1.54, 1.807) is 0 Å². The van der Waals surface area contributed by atoms with Crippen LogP contribution in [0, 0.1) is 0 Å². The number of hydrogen-bond acceptors (Lipinski definition) is 4. The molecule has 0 aromatic heterocycles. The SMILES string of the molecule is CC(C)(C)OC(=O)NCC1(N)CCSC1. The van der Waals surface area contributed by atoms with E-state index in [0.717, 1.165) is 17.9 Å². The van der Waals surface area contributed by atoms with Crippen molar-refractivity contribution >= 4 is 17.9 Å². The molecule has 0 radical (unpaired) electrons. The summed E-state index contributed by atoms with van der Waals surface area (Å²) in [5.41, 5.74) is 5.38. The van der Waals surface area contributed by atoms with Crippen LogP contribution in [0.25, 0.3) is 0 Å². The summed E-state index contributed by atoms with van der Waals surface area (Å²) < 4.78 is 5.13. The number of hydrogen-bond donors (Lipinski definition) is 2. The number of rotatable bonds is 2. The van der Waals surface area contributed by atoms with Gasteiger partial charge in [-0.3, -0.25) is 0 Å².